The summed E-state index contributed by atoms with van der Waals surface area (Å²) in [5.74, 6) is 0. The highest BCUT2D eigenvalue weighted by Gasteiger charge is 2.23. The Kier molecular flexibility index (Phi) is 4.23. The standard InChI is InChI=1S/C13H18ClNOS/c1-9-6-15(7-10(2)17-9)13-4-3-11(8-16)5-12(13)14/h3-5,9-10,16H,6-8H2,1-2H3. The van der Waals surface area contributed by atoms with Crippen molar-refractivity contribution in [1.29, 1.82) is 0 Å². The molecule has 0 spiro atoms. The average Bonchev–Trinajstić information content (AvgIpc) is 2.27. The van der Waals surface area contributed by atoms with Crippen LogP contribution in [0, 0.1) is 0 Å². The molecule has 0 amide bonds. The first kappa shape index (κ1) is 13.1. The van der Waals surface area contributed by atoms with Crippen molar-refractivity contribution in [2.75, 3.05) is 18.0 Å². The number of thioether (sulfide) groups is 1. The monoisotopic (exact) mass is 271 g/mol. The lowest BCUT2D eigenvalue weighted by molar-refractivity contribution is 0.282. The van der Waals surface area contributed by atoms with Crippen molar-refractivity contribution >= 4 is 29.1 Å². The Balaban J connectivity index is 2.21. The van der Waals surface area contributed by atoms with Gasteiger partial charge in [-0.3, -0.25) is 0 Å². The lowest BCUT2D eigenvalue weighted by Gasteiger charge is -2.36. The fourth-order valence-electron chi connectivity index (χ4n) is 2.28. The lowest BCUT2D eigenvalue weighted by Crippen LogP contribution is -2.40. The van der Waals surface area contributed by atoms with Gasteiger partial charge in [-0.1, -0.05) is 31.5 Å². The van der Waals surface area contributed by atoms with Crippen molar-refractivity contribution in [1.82, 2.24) is 0 Å². The minimum atomic E-state index is 0.0443. The molecule has 0 aliphatic carbocycles. The van der Waals surface area contributed by atoms with Crippen LogP contribution in [0.1, 0.15) is 19.4 Å². The van der Waals surface area contributed by atoms with Gasteiger partial charge in [0.2, 0.25) is 0 Å². The van der Waals surface area contributed by atoms with Gasteiger partial charge in [0, 0.05) is 23.6 Å². The number of aliphatic hydroxyl groups excluding tert-OH is 1. The molecule has 1 N–H and O–H groups in total. The van der Waals surface area contributed by atoms with Gasteiger partial charge in [0.25, 0.3) is 0 Å². The molecular weight excluding hydrogens is 254 g/mol. The highest BCUT2D eigenvalue weighted by Crippen LogP contribution is 2.33. The maximum absolute atomic E-state index is 9.07. The van der Waals surface area contributed by atoms with E-state index in [4.69, 9.17) is 16.7 Å². The summed E-state index contributed by atoms with van der Waals surface area (Å²) in [6.07, 6.45) is 0. The number of nitrogens with zero attached hydrogens (tertiary/aromatic N) is 1. The van der Waals surface area contributed by atoms with Crippen LogP contribution in [0.2, 0.25) is 5.02 Å². The van der Waals surface area contributed by atoms with E-state index in [1.807, 2.05) is 30.0 Å². The Labute approximate surface area is 112 Å². The van der Waals surface area contributed by atoms with Gasteiger partial charge in [-0.25, -0.2) is 0 Å². The summed E-state index contributed by atoms with van der Waals surface area (Å²) in [5, 5.41) is 11.1. The second kappa shape index (κ2) is 5.51. The largest absolute Gasteiger partial charge is 0.392 e. The zero-order chi connectivity index (χ0) is 12.4. The van der Waals surface area contributed by atoms with Crippen LogP contribution >= 0.6 is 23.4 Å². The van der Waals surface area contributed by atoms with Gasteiger partial charge in [0.1, 0.15) is 0 Å². The SMILES string of the molecule is CC1CN(c2ccc(CO)cc2Cl)CC(C)S1. The summed E-state index contributed by atoms with van der Waals surface area (Å²) in [6, 6.07) is 5.82. The summed E-state index contributed by atoms with van der Waals surface area (Å²) < 4.78 is 0. The minimum absolute atomic E-state index is 0.0443. The van der Waals surface area contributed by atoms with Gasteiger partial charge in [0.05, 0.1) is 17.3 Å². The van der Waals surface area contributed by atoms with Crippen LogP contribution in [-0.2, 0) is 6.61 Å². The Morgan fingerprint density at radius 2 is 2.00 bits per heavy atom. The number of rotatable bonds is 2. The summed E-state index contributed by atoms with van der Waals surface area (Å²) >= 11 is 8.31. The zero-order valence-electron chi connectivity index (χ0n) is 10.2. The Morgan fingerprint density at radius 1 is 1.35 bits per heavy atom. The third-order valence-electron chi connectivity index (χ3n) is 2.95. The second-order valence-electron chi connectivity index (χ2n) is 4.61. The molecule has 0 radical (unpaired) electrons. The van der Waals surface area contributed by atoms with Crippen LogP contribution < -0.4 is 4.90 Å². The van der Waals surface area contributed by atoms with Crippen molar-refractivity contribution < 1.29 is 5.11 Å². The van der Waals surface area contributed by atoms with Crippen molar-refractivity contribution in [2.24, 2.45) is 0 Å². The number of benzene rings is 1. The molecule has 1 aliphatic heterocycles. The van der Waals surface area contributed by atoms with E-state index in [1.54, 1.807) is 0 Å². The summed E-state index contributed by atoms with van der Waals surface area (Å²) in [5.41, 5.74) is 1.95. The van der Waals surface area contributed by atoms with Gasteiger partial charge in [-0.05, 0) is 17.7 Å². The number of anilines is 1. The topological polar surface area (TPSA) is 23.5 Å². The molecule has 17 heavy (non-hydrogen) atoms. The van der Waals surface area contributed by atoms with Gasteiger partial charge in [0.15, 0.2) is 0 Å². The van der Waals surface area contributed by atoms with Gasteiger partial charge >= 0.3 is 0 Å². The number of halogens is 1. The quantitative estimate of drug-likeness (QED) is 0.894. The van der Waals surface area contributed by atoms with Crippen LogP contribution in [-0.4, -0.2) is 28.7 Å². The first-order valence-electron chi connectivity index (χ1n) is 5.90. The molecule has 0 bridgehead atoms. The number of hydrogen-bond donors (Lipinski definition) is 1. The summed E-state index contributed by atoms with van der Waals surface area (Å²) in [7, 11) is 0. The van der Waals surface area contributed by atoms with E-state index in [9.17, 15) is 0 Å². The normalized spacial score (nSPS) is 25.1. The molecule has 2 unspecified atom stereocenters. The molecule has 0 saturated carbocycles. The highest BCUT2D eigenvalue weighted by atomic mass is 35.5. The lowest BCUT2D eigenvalue weighted by atomic mass is 10.2. The number of hydrogen-bond acceptors (Lipinski definition) is 3. The fourth-order valence-corrected chi connectivity index (χ4v) is 3.93. The molecule has 2 atom stereocenters. The molecule has 1 aliphatic rings. The van der Waals surface area contributed by atoms with Crippen molar-refractivity contribution in [3.8, 4) is 0 Å². The van der Waals surface area contributed by atoms with E-state index in [-0.39, 0.29) is 6.61 Å². The molecule has 1 aromatic carbocycles. The molecule has 1 heterocycles. The predicted molar refractivity (Wildman–Crippen MR) is 76.1 cm³/mol. The smallest absolute Gasteiger partial charge is 0.0682 e. The van der Waals surface area contributed by atoms with Crippen LogP contribution in [0.4, 0.5) is 5.69 Å². The van der Waals surface area contributed by atoms with Crippen LogP contribution in [0.25, 0.3) is 0 Å². The highest BCUT2D eigenvalue weighted by molar-refractivity contribution is 8.00. The van der Waals surface area contributed by atoms with E-state index in [1.165, 1.54) is 0 Å². The molecule has 2 nitrogen and oxygen atoms in total. The third-order valence-corrected chi connectivity index (χ3v) is 4.49. The van der Waals surface area contributed by atoms with E-state index in [2.05, 4.69) is 18.7 Å². The van der Waals surface area contributed by atoms with Gasteiger partial charge < -0.3 is 10.0 Å². The van der Waals surface area contributed by atoms with Crippen molar-refractivity contribution in [3.05, 3.63) is 28.8 Å². The van der Waals surface area contributed by atoms with Crippen LogP contribution in [0.15, 0.2) is 18.2 Å². The molecule has 2 rings (SSSR count). The molecule has 1 fully saturated rings. The van der Waals surface area contributed by atoms with Gasteiger partial charge in [-0.2, -0.15) is 11.8 Å². The molecule has 0 aromatic heterocycles. The summed E-state index contributed by atoms with van der Waals surface area (Å²) in [4.78, 5) is 2.34. The Morgan fingerprint density at radius 3 is 2.53 bits per heavy atom. The third kappa shape index (κ3) is 3.09. The Hall–Kier alpha value is -0.380. The second-order valence-corrected chi connectivity index (χ2v) is 6.90. The van der Waals surface area contributed by atoms with Gasteiger partial charge in [-0.15, -0.1) is 0 Å². The summed E-state index contributed by atoms with van der Waals surface area (Å²) in [6.45, 7) is 6.62. The van der Waals surface area contributed by atoms with E-state index in [0.29, 0.717) is 10.5 Å². The molecule has 1 saturated heterocycles. The number of aliphatic hydroxyl groups is 1. The van der Waals surface area contributed by atoms with E-state index >= 15 is 0 Å². The zero-order valence-corrected chi connectivity index (χ0v) is 11.8. The first-order valence-corrected chi connectivity index (χ1v) is 7.22. The van der Waals surface area contributed by atoms with E-state index in [0.717, 1.165) is 29.4 Å². The molecule has 4 heteroatoms. The average molecular weight is 272 g/mol. The molecule has 1 aromatic rings. The minimum Gasteiger partial charge on any atom is -0.392 e. The maximum atomic E-state index is 9.07. The molecule has 94 valence electrons. The first-order chi connectivity index (χ1) is 8.10. The fraction of sp³-hybridized carbons (Fsp3) is 0.538. The molecular formula is C13H18ClNOS. The van der Waals surface area contributed by atoms with Crippen LogP contribution in [0.3, 0.4) is 0 Å². The van der Waals surface area contributed by atoms with Crippen molar-refractivity contribution in [3.63, 3.8) is 0 Å². The van der Waals surface area contributed by atoms with E-state index < -0.39 is 0 Å². The van der Waals surface area contributed by atoms with Crippen molar-refractivity contribution in [2.45, 2.75) is 31.0 Å². The predicted octanol–water partition coefficient (Wildman–Crippen LogP) is 3.16. The Bertz CT molecular complexity index is 389. The maximum Gasteiger partial charge on any atom is 0.0682 e. The van der Waals surface area contributed by atoms with Crippen LogP contribution in [0.5, 0.6) is 0 Å².